The van der Waals surface area contributed by atoms with Gasteiger partial charge in [-0.3, -0.25) is 4.79 Å². The van der Waals surface area contributed by atoms with Crippen LogP contribution in [0.15, 0.2) is 82.0 Å². The molecule has 4 heteroatoms. The van der Waals surface area contributed by atoms with E-state index in [-0.39, 0.29) is 11.5 Å². The predicted molar refractivity (Wildman–Crippen MR) is 105 cm³/mol. The minimum absolute atomic E-state index is 0.163. The molecule has 4 nitrogen and oxygen atoms in total. The van der Waals surface area contributed by atoms with E-state index in [1.165, 1.54) is 0 Å². The second-order valence-corrected chi connectivity index (χ2v) is 6.36. The highest BCUT2D eigenvalue weighted by molar-refractivity contribution is 5.81. The van der Waals surface area contributed by atoms with Crippen LogP contribution in [0, 0.1) is 6.92 Å². The van der Waals surface area contributed by atoms with Gasteiger partial charge in [0.05, 0.1) is 5.39 Å². The second-order valence-electron chi connectivity index (χ2n) is 6.36. The summed E-state index contributed by atoms with van der Waals surface area (Å²) in [5.41, 5.74) is 2.60. The molecule has 0 aliphatic carbocycles. The van der Waals surface area contributed by atoms with Crippen LogP contribution in [-0.4, -0.2) is 5.11 Å². The molecular formula is C23H18O4. The lowest BCUT2D eigenvalue weighted by Crippen LogP contribution is -2.02. The van der Waals surface area contributed by atoms with Crippen LogP contribution in [0.1, 0.15) is 11.1 Å². The summed E-state index contributed by atoms with van der Waals surface area (Å²) in [4.78, 5) is 12.4. The smallest absolute Gasteiger partial charge is 0.235 e. The number of benzene rings is 3. The zero-order valence-electron chi connectivity index (χ0n) is 14.8. The lowest BCUT2D eigenvalue weighted by atomic mass is 10.1. The van der Waals surface area contributed by atoms with E-state index in [4.69, 9.17) is 9.15 Å². The van der Waals surface area contributed by atoms with Gasteiger partial charge >= 0.3 is 0 Å². The SMILES string of the molecule is Cc1cc(-c2oc3ccccc3c(=O)c2O)ccc1OCc1ccccc1. The van der Waals surface area contributed by atoms with Crippen LogP contribution in [0.5, 0.6) is 11.5 Å². The van der Waals surface area contributed by atoms with Gasteiger partial charge in [0.1, 0.15) is 17.9 Å². The van der Waals surface area contributed by atoms with Gasteiger partial charge in [-0.05, 0) is 48.4 Å². The fraction of sp³-hybridized carbons (Fsp3) is 0.0870. The number of hydrogen-bond donors (Lipinski definition) is 1. The minimum Gasteiger partial charge on any atom is -0.502 e. The van der Waals surface area contributed by atoms with Crippen molar-refractivity contribution in [1.82, 2.24) is 0 Å². The van der Waals surface area contributed by atoms with Crippen molar-refractivity contribution >= 4 is 11.0 Å². The average molecular weight is 358 g/mol. The molecule has 134 valence electrons. The maximum Gasteiger partial charge on any atom is 0.235 e. The molecule has 1 heterocycles. The lowest BCUT2D eigenvalue weighted by Gasteiger charge is -2.11. The molecular weight excluding hydrogens is 340 g/mol. The molecule has 0 aliphatic rings. The van der Waals surface area contributed by atoms with E-state index in [1.807, 2.05) is 49.4 Å². The van der Waals surface area contributed by atoms with Gasteiger partial charge in [-0.25, -0.2) is 0 Å². The maximum atomic E-state index is 12.4. The first-order valence-corrected chi connectivity index (χ1v) is 8.66. The van der Waals surface area contributed by atoms with E-state index in [2.05, 4.69) is 0 Å². The van der Waals surface area contributed by atoms with Gasteiger partial charge in [0, 0.05) is 5.56 Å². The predicted octanol–water partition coefficient (Wildman–Crippen LogP) is 5.05. The number of fused-ring (bicyclic) bond motifs is 1. The van der Waals surface area contributed by atoms with Crippen LogP contribution >= 0.6 is 0 Å². The van der Waals surface area contributed by atoms with E-state index in [9.17, 15) is 9.90 Å². The fourth-order valence-electron chi connectivity index (χ4n) is 3.02. The third-order valence-corrected chi connectivity index (χ3v) is 4.45. The van der Waals surface area contributed by atoms with Crippen molar-refractivity contribution in [3.05, 3.63) is 94.1 Å². The first-order chi connectivity index (χ1) is 13.1. The summed E-state index contributed by atoms with van der Waals surface area (Å²) in [6.07, 6.45) is 0. The lowest BCUT2D eigenvalue weighted by molar-refractivity contribution is 0.304. The molecule has 0 saturated heterocycles. The third kappa shape index (κ3) is 3.29. The van der Waals surface area contributed by atoms with Crippen LogP contribution in [-0.2, 0) is 6.61 Å². The van der Waals surface area contributed by atoms with Gasteiger partial charge < -0.3 is 14.3 Å². The summed E-state index contributed by atoms with van der Waals surface area (Å²) < 4.78 is 11.7. The summed E-state index contributed by atoms with van der Waals surface area (Å²) in [6.45, 7) is 2.39. The van der Waals surface area contributed by atoms with Crippen LogP contribution in [0.3, 0.4) is 0 Å². The van der Waals surface area contributed by atoms with Crippen molar-refractivity contribution < 1.29 is 14.3 Å². The molecule has 0 amide bonds. The number of hydrogen-bond acceptors (Lipinski definition) is 4. The standard InChI is InChI=1S/C23H18O4/c1-15-13-17(11-12-19(15)26-14-16-7-3-2-4-8-16)23-22(25)21(24)18-9-5-6-10-20(18)27-23/h2-13,25H,14H2,1H3. The normalized spacial score (nSPS) is 10.9. The van der Waals surface area contributed by atoms with E-state index < -0.39 is 5.43 Å². The minimum atomic E-state index is -0.436. The van der Waals surface area contributed by atoms with Crippen molar-refractivity contribution in [2.24, 2.45) is 0 Å². The van der Waals surface area contributed by atoms with Gasteiger partial charge in [0.25, 0.3) is 0 Å². The molecule has 4 rings (SSSR count). The Balaban J connectivity index is 1.67. The summed E-state index contributed by atoms with van der Waals surface area (Å²) >= 11 is 0. The molecule has 0 radical (unpaired) electrons. The maximum absolute atomic E-state index is 12.4. The molecule has 0 atom stereocenters. The molecule has 0 unspecified atom stereocenters. The van der Waals surface area contributed by atoms with Gasteiger partial charge in [-0.2, -0.15) is 0 Å². The fourth-order valence-corrected chi connectivity index (χ4v) is 3.02. The summed E-state index contributed by atoms with van der Waals surface area (Å²) in [5, 5.41) is 10.7. The highest BCUT2D eigenvalue weighted by Gasteiger charge is 2.16. The first-order valence-electron chi connectivity index (χ1n) is 8.66. The van der Waals surface area contributed by atoms with Crippen LogP contribution in [0.25, 0.3) is 22.3 Å². The molecule has 3 aromatic carbocycles. The highest BCUT2D eigenvalue weighted by Crippen LogP contribution is 2.32. The molecule has 1 aromatic heterocycles. The van der Waals surface area contributed by atoms with Crippen LogP contribution in [0.4, 0.5) is 0 Å². The van der Waals surface area contributed by atoms with Crippen molar-refractivity contribution in [1.29, 1.82) is 0 Å². The largest absolute Gasteiger partial charge is 0.502 e. The quantitative estimate of drug-likeness (QED) is 0.554. The molecule has 0 fully saturated rings. The number of ether oxygens (including phenoxy) is 1. The van der Waals surface area contributed by atoms with Crippen LogP contribution < -0.4 is 10.2 Å². The van der Waals surface area contributed by atoms with E-state index in [0.29, 0.717) is 23.1 Å². The summed E-state index contributed by atoms with van der Waals surface area (Å²) in [6, 6.07) is 22.2. The Kier molecular flexibility index (Phi) is 4.38. The molecule has 0 spiro atoms. The number of rotatable bonds is 4. The van der Waals surface area contributed by atoms with Gasteiger partial charge in [-0.15, -0.1) is 0 Å². The number of aromatic hydroxyl groups is 1. The van der Waals surface area contributed by atoms with E-state index >= 15 is 0 Å². The van der Waals surface area contributed by atoms with Crippen molar-refractivity contribution in [3.63, 3.8) is 0 Å². The Morgan fingerprint density at radius 1 is 0.963 bits per heavy atom. The molecule has 0 saturated carbocycles. The third-order valence-electron chi connectivity index (χ3n) is 4.45. The van der Waals surface area contributed by atoms with E-state index in [0.717, 1.165) is 16.9 Å². The Hall–Kier alpha value is -3.53. The zero-order chi connectivity index (χ0) is 18.8. The highest BCUT2D eigenvalue weighted by atomic mass is 16.5. The Labute approximate surface area is 156 Å². The molecule has 4 aromatic rings. The molecule has 1 N–H and O–H groups in total. The summed E-state index contributed by atoms with van der Waals surface area (Å²) in [5.74, 6) is 0.521. The molecule has 0 bridgehead atoms. The van der Waals surface area contributed by atoms with Crippen molar-refractivity contribution in [2.75, 3.05) is 0 Å². The molecule has 0 aliphatic heterocycles. The number of aryl methyl sites for hydroxylation is 1. The van der Waals surface area contributed by atoms with Crippen LogP contribution in [0.2, 0.25) is 0 Å². The number of para-hydroxylation sites is 1. The van der Waals surface area contributed by atoms with Crippen molar-refractivity contribution in [2.45, 2.75) is 13.5 Å². The van der Waals surface area contributed by atoms with Gasteiger partial charge in [0.2, 0.25) is 11.2 Å². The monoisotopic (exact) mass is 358 g/mol. The zero-order valence-corrected chi connectivity index (χ0v) is 14.8. The summed E-state index contributed by atoms with van der Waals surface area (Å²) in [7, 11) is 0. The van der Waals surface area contributed by atoms with Crippen molar-refractivity contribution in [3.8, 4) is 22.8 Å². The Morgan fingerprint density at radius 3 is 2.48 bits per heavy atom. The average Bonchev–Trinajstić information content (AvgIpc) is 2.70. The van der Waals surface area contributed by atoms with E-state index in [1.54, 1.807) is 30.3 Å². The van der Waals surface area contributed by atoms with Gasteiger partial charge in [-0.1, -0.05) is 42.5 Å². The Bertz CT molecular complexity index is 1160. The topological polar surface area (TPSA) is 59.7 Å². The van der Waals surface area contributed by atoms with Gasteiger partial charge in [0.15, 0.2) is 5.76 Å². The first kappa shape index (κ1) is 16.9. The molecule has 27 heavy (non-hydrogen) atoms. The second kappa shape index (κ2) is 7.00. The Morgan fingerprint density at radius 2 is 1.70 bits per heavy atom.